The van der Waals surface area contributed by atoms with Gasteiger partial charge in [-0.15, -0.1) is 0 Å². The zero-order valence-electron chi connectivity index (χ0n) is 10.0. The molecule has 17 heavy (non-hydrogen) atoms. The third kappa shape index (κ3) is 2.49. The van der Waals surface area contributed by atoms with Crippen molar-refractivity contribution in [3.63, 3.8) is 0 Å². The van der Waals surface area contributed by atoms with Crippen LogP contribution in [0.15, 0.2) is 36.7 Å². The fraction of sp³-hybridized carbons (Fsp3) is 0.231. The summed E-state index contributed by atoms with van der Waals surface area (Å²) in [5, 5.41) is 0. The number of hydrazine groups is 1. The Labute approximate surface area is 101 Å². The molecule has 2 rings (SSSR count). The van der Waals surface area contributed by atoms with E-state index in [2.05, 4.69) is 41.4 Å². The molecule has 1 atom stereocenters. The molecule has 4 nitrogen and oxygen atoms in total. The zero-order chi connectivity index (χ0) is 12.3. The van der Waals surface area contributed by atoms with Crippen LogP contribution in [0.3, 0.4) is 0 Å². The van der Waals surface area contributed by atoms with Crippen LogP contribution in [0, 0.1) is 13.8 Å². The van der Waals surface area contributed by atoms with Crippen molar-refractivity contribution in [1.82, 2.24) is 15.4 Å². The standard InChI is InChI=1S/C13H16N4/c1-9-4-5-11(8-10(9)2)12(17-14)13-15-6-3-7-16-13/h3-8,12,17H,14H2,1-2H3. The molecule has 88 valence electrons. The lowest BCUT2D eigenvalue weighted by Crippen LogP contribution is -2.30. The van der Waals surface area contributed by atoms with Gasteiger partial charge in [-0.25, -0.2) is 15.4 Å². The number of aromatic nitrogens is 2. The van der Waals surface area contributed by atoms with Crippen LogP contribution >= 0.6 is 0 Å². The van der Waals surface area contributed by atoms with Crippen molar-refractivity contribution in [2.45, 2.75) is 19.9 Å². The van der Waals surface area contributed by atoms with Crippen LogP contribution in [0.25, 0.3) is 0 Å². The van der Waals surface area contributed by atoms with Crippen LogP contribution in [0.1, 0.15) is 28.6 Å². The van der Waals surface area contributed by atoms with E-state index in [9.17, 15) is 0 Å². The highest BCUT2D eigenvalue weighted by molar-refractivity contribution is 5.33. The molecule has 0 aliphatic rings. The molecule has 4 heteroatoms. The quantitative estimate of drug-likeness (QED) is 0.619. The van der Waals surface area contributed by atoms with Crippen LogP contribution in [-0.4, -0.2) is 9.97 Å². The van der Waals surface area contributed by atoms with Gasteiger partial charge in [0.05, 0.1) is 0 Å². The summed E-state index contributed by atoms with van der Waals surface area (Å²) in [5.41, 5.74) is 6.32. The van der Waals surface area contributed by atoms with Gasteiger partial charge in [0.25, 0.3) is 0 Å². The van der Waals surface area contributed by atoms with Crippen molar-refractivity contribution in [3.05, 3.63) is 59.2 Å². The highest BCUT2D eigenvalue weighted by Crippen LogP contribution is 2.20. The van der Waals surface area contributed by atoms with Gasteiger partial charge in [0, 0.05) is 12.4 Å². The van der Waals surface area contributed by atoms with Gasteiger partial charge in [-0.1, -0.05) is 18.2 Å². The number of rotatable bonds is 3. The normalized spacial score (nSPS) is 12.4. The molecule has 0 bridgehead atoms. The van der Waals surface area contributed by atoms with E-state index in [0.29, 0.717) is 5.82 Å². The molecule has 0 spiro atoms. The molecule has 0 aliphatic heterocycles. The lowest BCUT2D eigenvalue weighted by atomic mass is 10.0. The van der Waals surface area contributed by atoms with Crippen molar-refractivity contribution in [2.75, 3.05) is 0 Å². The largest absolute Gasteiger partial charge is 0.270 e. The van der Waals surface area contributed by atoms with E-state index in [0.717, 1.165) is 5.56 Å². The van der Waals surface area contributed by atoms with Gasteiger partial charge >= 0.3 is 0 Å². The Hall–Kier alpha value is -1.78. The average molecular weight is 228 g/mol. The Bertz CT molecular complexity index is 496. The summed E-state index contributed by atoms with van der Waals surface area (Å²) in [4.78, 5) is 8.45. The van der Waals surface area contributed by atoms with Crippen LogP contribution in [-0.2, 0) is 0 Å². The maximum atomic E-state index is 5.59. The molecule has 0 saturated heterocycles. The Balaban J connectivity index is 2.39. The maximum Gasteiger partial charge on any atom is 0.150 e. The third-order valence-electron chi connectivity index (χ3n) is 2.87. The molecule has 0 aliphatic carbocycles. The van der Waals surface area contributed by atoms with E-state index >= 15 is 0 Å². The first-order valence-electron chi connectivity index (χ1n) is 5.52. The molecule has 3 N–H and O–H groups in total. The average Bonchev–Trinajstić information content (AvgIpc) is 2.36. The van der Waals surface area contributed by atoms with Crippen LogP contribution in [0.2, 0.25) is 0 Å². The predicted molar refractivity (Wildman–Crippen MR) is 67.1 cm³/mol. The second-order valence-corrected chi connectivity index (χ2v) is 4.05. The topological polar surface area (TPSA) is 63.8 Å². The van der Waals surface area contributed by atoms with Crippen molar-refractivity contribution in [1.29, 1.82) is 0 Å². The highest BCUT2D eigenvalue weighted by Gasteiger charge is 2.15. The van der Waals surface area contributed by atoms with Gasteiger partial charge in [-0.3, -0.25) is 5.84 Å². The summed E-state index contributed by atoms with van der Waals surface area (Å²) < 4.78 is 0. The van der Waals surface area contributed by atoms with Gasteiger partial charge in [-0.05, 0) is 36.6 Å². The van der Waals surface area contributed by atoms with E-state index in [-0.39, 0.29) is 6.04 Å². The highest BCUT2D eigenvalue weighted by atomic mass is 15.2. The number of nitrogens with one attached hydrogen (secondary N) is 1. The minimum absolute atomic E-state index is 0.171. The molecule has 1 aromatic carbocycles. The third-order valence-corrected chi connectivity index (χ3v) is 2.87. The molecular weight excluding hydrogens is 212 g/mol. The zero-order valence-corrected chi connectivity index (χ0v) is 10.0. The molecular formula is C13H16N4. The Morgan fingerprint density at radius 3 is 2.41 bits per heavy atom. The first kappa shape index (κ1) is 11.7. The Morgan fingerprint density at radius 2 is 1.82 bits per heavy atom. The Kier molecular flexibility index (Phi) is 3.46. The van der Waals surface area contributed by atoms with Gasteiger partial charge in [0.2, 0.25) is 0 Å². The molecule has 0 amide bonds. The summed E-state index contributed by atoms with van der Waals surface area (Å²) in [6.45, 7) is 4.17. The van der Waals surface area contributed by atoms with Crippen molar-refractivity contribution >= 4 is 0 Å². The Morgan fingerprint density at radius 1 is 1.12 bits per heavy atom. The monoisotopic (exact) mass is 228 g/mol. The van der Waals surface area contributed by atoms with Crippen molar-refractivity contribution in [3.8, 4) is 0 Å². The second kappa shape index (κ2) is 5.03. The summed E-state index contributed by atoms with van der Waals surface area (Å²) in [7, 11) is 0. The van der Waals surface area contributed by atoms with E-state index in [1.54, 1.807) is 18.5 Å². The summed E-state index contributed by atoms with van der Waals surface area (Å²) in [5.74, 6) is 6.27. The molecule has 1 unspecified atom stereocenters. The SMILES string of the molecule is Cc1ccc(C(NN)c2ncccn2)cc1C. The molecule has 2 aromatic rings. The fourth-order valence-electron chi connectivity index (χ4n) is 1.72. The van der Waals surface area contributed by atoms with Crippen LogP contribution in [0.5, 0.6) is 0 Å². The van der Waals surface area contributed by atoms with Gasteiger partial charge in [0.1, 0.15) is 6.04 Å². The number of hydrogen-bond acceptors (Lipinski definition) is 4. The smallest absolute Gasteiger partial charge is 0.150 e. The minimum atomic E-state index is -0.171. The number of hydrogen-bond donors (Lipinski definition) is 2. The van der Waals surface area contributed by atoms with Gasteiger partial charge in [0.15, 0.2) is 5.82 Å². The van der Waals surface area contributed by atoms with Gasteiger partial charge < -0.3 is 0 Å². The maximum absolute atomic E-state index is 5.59. The summed E-state index contributed by atoms with van der Waals surface area (Å²) in [6, 6.07) is 7.85. The lowest BCUT2D eigenvalue weighted by molar-refractivity contribution is 0.601. The molecule has 0 saturated carbocycles. The molecule has 0 fully saturated rings. The van der Waals surface area contributed by atoms with E-state index in [4.69, 9.17) is 5.84 Å². The molecule has 1 heterocycles. The lowest BCUT2D eigenvalue weighted by Gasteiger charge is -2.15. The van der Waals surface area contributed by atoms with Crippen LogP contribution < -0.4 is 11.3 Å². The summed E-state index contributed by atoms with van der Waals surface area (Å²) >= 11 is 0. The summed E-state index contributed by atoms with van der Waals surface area (Å²) in [6.07, 6.45) is 3.43. The van der Waals surface area contributed by atoms with Crippen molar-refractivity contribution < 1.29 is 0 Å². The van der Waals surface area contributed by atoms with Crippen LogP contribution in [0.4, 0.5) is 0 Å². The van der Waals surface area contributed by atoms with E-state index in [1.807, 2.05) is 6.07 Å². The first-order chi connectivity index (χ1) is 8.22. The number of benzene rings is 1. The van der Waals surface area contributed by atoms with E-state index in [1.165, 1.54) is 11.1 Å². The van der Waals surface area contributed by atoms with Crippen molar-refractivity contribution in [2.24, 2.45) is 5.84 Å². The first-order valence-corrected chi connectivity index (χ1v) is 5.52. The fourth-order valence-corrected chi connectivity index (χ4v) is 1.72. The number of aryl methyl sites for hydroxylation is 2. The number of nitrogens with two attached hydrogens (primary N) is 1. The van der Waals surface area contributed by atoms with Gasteiger partial charge in [-0.2, -0.15) is 0 Å². The molecule has 0 radical (unpaired) electrons. The second-order valence-electron chi connectivity index (χ2n) is 4.05. The predicted octanol–water partition coefficient (Wildman–Crippen LogP) is 1.65. The minimum Gasteiger partial charge on any atom is -0.270 e. The van der Waals surface area contributed by atoms with E-state index < -0.39 is 0 Å². The number of nitrogens with zero attached hydrogens (tertiary/aromatic N) is 2. The molecule has 1 aromatic heterocycles.